The Labute approximate surface area is 183 Å². The number of carbonyl (C=O) groups is 4. The molecule has 0 aliphatic carbocycles. The first-order valence-electron chi connectivity index (χ1n) is 10.8. The van der Waals surface area contributed by atoms with Crippen LogP contribution in [0, 0.1) is 5.92 Å². The molecule has 0 aromatic heterocycles. The molecule has 0 bridgehead atoms. The Morgan fingerprint density at radius 2 is 1.26 bits per heavy atom. The summed E-state index contributed by atoms with van der Waals surface area (Å²) < 4.78 is 24.6. The first kappa shape index (κ1) is 28.5. The second-order valence-electron chi connectivity index (χ2n) is 6.97. The molecule has 0 aliphatic rings. The van der Waals surface area contributed by atoms with Crippen LogP contribution in [0.4, 0.5) is 9.59 Å². The van der Waals surface area contributed by atoms with Gasteiger partial charge in [-0.1, -0.05) is 32.1 Å². The highest BCUT2D eigenvalue weighted by Gasteiger charge is 2.31. The summed E-state index contributed by atoms with van der Waals surface area (Å²) >= 11 is 0. The van der Waals surface area contributed by atoms with E-state index in [9.17, 15) is 19.2 Å². The van der Waals surface area contributed by atoms with E-state index in [0.717, 1.165) is 25.7 Å². The Morgan fingerprint density at radius 3 is 1.81 bits per heavy atom. The van der Waals surface area contributed by atoms with Crippen LogP contribution in [0.2, 0.25) is 0 Å². The van der Waals surface area contributed by atoms with Crippen molar-refractivity contribution < 1.29 is 48.0 Å². The second kappa shape index (κ2) is 17.2. The third-order valence-corrected chi connectivity index (χ3v) is 4.38. The monoisotopic (exact) mass is 448 g/mol. The summed E-state index contributed by atoms with van der Waals surface area (Å²) in [5, 5.41) is 8.63. The second-order valence-corrected chi connectivity index (χ2v) is 6.97. The van der Waals surface area contributed by atoms with Crippen molar-refractivity contribution in [3.05, 3.63) is 0 Å². The van der Waals surface area contributed by atoms with Gasteiger partial charge in [0.05, 0.1) is 19.1 Å². The minimum Gasteiger partial charge on any atom is -0.481 e. The van der Waals surface area contributed by atoms with Gasteiger partial charge >= 0.3 is 24.2 Å². The normalized spacial score (nSPS) is 13.4. The standard InChI is InChI=1S/C21H36O10/c1-5-27-20(25)29-15(3)17(13-11-9-7-8-10-12-14-18(22)23)19(24)30-16(4)31-21(26)28-6-2/h15-17H,5-14H2,1-4H3,(H,22,23). The molecule has 10 nitrogen and oxygen atoms in total. The molecular formula is C21H36O10. The van der Waals surface area contributed by atoms with Crippen molar-refractivity contribution in [3.8, 4) is 0 Å². The van der Waals surface area contributed by atoms with Crippen LogP contribution in [-0.2, 0) is 33.3 Å². The van der Waals surface area contributed by atoms with Crippen LogP contribution >= 0.6 is 0 Å². The van der Waals surface area contributed by atoms with Gasteiger partial charge in [-0.3, -0.25) is 9.59 Å². The Kier molecular flexibility index (Phi) is 15.8. The third-order valence-electron chi connectivity index (χ3n) is 4.38. The fourth-order valence-electron chi connectivity index (χ4n) is 2.84. The Bertz CT molecular complexity index is 548. The van der Waals surface area contributed by atoms with Gasteiger partial charge in [-0.05, 0) is 33.6 Å². The first-order chi connectivity index (χ1) is 14.7. The molecule has 0 saturated carbocycles. The topological polar surface area (TPSA) is 135 Å². The van der Waals surface area contributed by atoms with Gasteiger partial charge in [-0.2, -0.15) is 0 Å². The van der Waals surface area contributed by atoms with Crippen LogP contribution in [0.3, 0.4) is 0 Å². The number of hydrogen-bond acceptors (Lipinski definition) is 9. The number of carboxylic acids is 1. The van der Waals surface area contributed by atoms with E-state index in [4.69, 9.17) is 24.1 Å². The van der Waals surface area contributed by atoms with Crippen LogP contribution in [0.5, 0.6) is 0 Å². The summed E-state index contributed by atoms with van der Waals surface area (Å²) in [6.45, 7) is 6.50. The lowest BCUT2D eigenvalue weighted by atomic mass is 9.95. The first-order valence-corrected chi connectivity index (χ1v) is 10.8. The highest BCUT2D eigenvalue weighted by molar-refractivity contribution is 5.74. The number of ether oxygens (including phenoxy) is 5. The van der Waals surface area contributed by atoms with E-state index in [2.05, 4.69) is 4.74 Å². The zero-order chi connectivity index (χ0) is 23.6. The van der Waals surface area contributed by atoms with Gasteiger partial charge in [0, 0.05) is 13.3 Å². The lowest BCUT2D eigenvalue weighted by molar-refractivity contribution is -0.176. The number of unbranched alkanes of at least 4 members (excludes halogenated alkanes) is 5. The van der Waals surface area contributed by atoms with Crippen molar-refractivity contribution in [2.45, 2.75) is 91.5 Å². The van der Waals surface area contributed by atoms with Gasteiger partial charge < -0.3 is 28.8 Å². The minimum atomic E-state index is -1.15. The smallest absolute Gasteiger partial charge is 0.481 e. The summed E-state index contributed by atoms with van der Waals surface area (Å²) in [6, 6.07) is 0. The summed E-state index contributed by atoms with van der Waals surface area (Å²) in [4.78, 5) is 46.1. The lowest BCUT2D eigenvalue weighted by Crippen LogP contribution is -2.34. The van der Waals surface area contributed by atoms with Gasteiger partial charge in [0.25, 0.3) is 0 Å². The van der Waals surface area contributed by atoms with Crippen molar-refractivity contribution in [2.24, 2.45) is 5.92 Å². The van der Waals surface area contributed by atoms with E-state index in [1.807, 2.05) is 0 Å². The molecule has 3 unspecified atom stereocenters. The molecule has 0 fully saturated rings. The molecule has 31 heavy (non-hydrogen) atoms. The van der Waals surface area contributed by atoms with Crippen LogP contribution in [0.25, 0.3) is 0 Å². The maximum Gasteiger partial charge on any atom is 0.511 e. The van der Waals surface area contributed by atoms with E-state index in [1.165, 1.54) is 6.92 Å². The van der Waals surface area contributed by atoms with Crippen molar-refractivity contribution >= 4 is 24.2 Å². The number of hydrogen-bond donors (Lipinski definition) is 1. The molecule has 0 radical (unpaired) electrons. The predicted octanol–water partition coefficient (Wildman–Crippen LogP) is 4.43. The van der Waals surface area contributed by atoms with E-state index < -0.39 is 42.6 Å². The van der Waals surface area contributed by atoms with Crippen LogP contribution < -0.4 is 0 Å². The zero-order valence-electron chi connectivity index (χ0n) is 18.9. The molecule has 180 valence electrons. The lowest BCUT2D eigenvalue weighted by Gasteiger charge is -2.24. The van der Waals surface area contributed by atoms with E-state index in [0.29, 0.717) is 19.3 Å². The van der Waals surface area contributed by atoms with Crippen molar-refractivity contribution in [3.63, 3.8) is 0 Å². The molecule has 10 heteroatoms. The molecule has 0 aromatic carbocycles. The van der Waals surface area contributed by atoms with Crippen molar-refractivity contribution in [1.29, 1.82) is 0 Å². The van der Waals surface area contributed by atoms with Crippen molar-refractivity contribution in [2.75, 3.05) is 13.2 Å². The van der Waals surface area contributed by atoms with Gasteiger partial charge in [0.2, 0.25) is 6.29 Å². The highest BCUT2D eigenvalue weighted by atomic mass is 16.8. The molecule has 0 heterocycles. The fourth-order valence-corrected chi connectivity index (χ4v) is 2.84. The molecule has 1 N–H and O–H groups in total. The van der Waals surface area contributed by atoms with Gasteiger partial charge in [0.1, 0.15) is 6.10 Å². The zero-order valence-corrected chi connectivity index (χ0v) is 18.9. The maximum atomic E-state index is 12.6. The van der Waals surface area contributed by atoms with Gasteiger partial charge in [0.15, 0.2) is 0 Å². The Hall–Kier alpha value is -2.52. The molecule has 0 rings (SSSR count). The molecule has 0 amide bonds. The molecule has 3 atom stereocenters. The molecule has 0 aliphatic heterocycles. The molecular weight excluding hydrogens is 412 g/mol. The van der Waals surface area contributed by atoms with Crippen LogP contribution in [0.15, 0.2) is 0 Å². The summed E-state index contributed by atoms with van der Waals surface area (Å²) in [5.41, 5.74) is 0. The highest BCUT2D eigenvalue weighted by Crippen LogP contribution is 2.21. The summed E-state index contributed by atoms with van der Waals surface area (Å²) in [7, 11) is 0. The quantitative estimate of drug-likeness (QED) is 0.156. The summed E-state index contributed by atoms with van der Waals surface area (Å²) in [5.74, 6) is -2.21. The molecule has 0 spiro atoms. The average Bonchev–Trinajstić information content (AvgIpc) is 2.66. The largest absolute Gasteiger partial charge is 0.511 e. The number of esters is 1. The predicted molar refractivity (Wildman–Crippen MR) is 109 cm³/mol. The molecule has 0 saturated heterocycles. The van der Waals surface area contributed by atoms with Gasteiger partial charge in [-0.25, -0.2) is 9.59 Å². The minimum absolute atomic E-state index is 0.128. The number of carboxylic acid groups (broad SMARTS) is 1. The number of rotatable bonds is 16. The Balaban J connectivity index is 4.63. The average molecular weight is 449 g/mol. The maximum absolute atomic E-state index is 12.6. The van der Waals surface area contributed by atoms with E-state index >= 15 is 0 Å². The number of aliphatic carboxylic acids is 1. The fraction of sp³-hybridized carbons (Fsp3) is 0.810. The van der Waals surface area contributed by atoms with E-state index in [-0.39, 0.29) is 19.6 Å². The Morgan fingerprint density at radius 1 is 0.742 bits per heavy atom. The summed E-state index contributed by atoms with van der Waals surface area (Å²) in [6.07, 6.45) is 1.60. The molecule has 0 aromatic rings. The van der Waals surface area contributed by atoms with Gasteiger partial charge in [-0.15, -0.1) is 0 Å². The SMILES string of the molecule is CCOC(=O)OC(C)OC(=O)C(CCCCCCCCC(=O)O)C(C)OC(=O)OCC. The van der Waals surface area contributed by atoms with Crippen molar-refractivity contribution in [1.82, 2.24) is 0 Å². The third kappa shape index (κ3) is 15.0. The van der Waals surface area contributed by atoms with E-state index in [1.54, 1.807) is 20.8 Å². The van der Waals surface area contributed by atoms with Crippen LogP contribution in [-0.4, -0.2) is 55.0 Å². The van der Waals surface area contributed by atoms with Crippen LogP contribution in [0.1, 0.15) is 79.1 Å². The number of carbonyl (C=O) groups excluding carboxylic acids is 3.